The average molecular weight is 446 g/mol. The molecule has 0 aliphatic carbocycles. The second-order valence-corrected chi connectivity index (χ2v) is 6.57. The highest BCUT2D eigenvalue weighted by atomic mass is 16.4. The van der Waals surface area contributed by atoms with Crippen molar-refractivity contribution in [2.75, 3.05) is 13.1 Å². The summed E-state index contributed by atoms with van der Waals surface area (Å²) in [6.07, 6.45) is -1.85. The number of carbonyl (C=O) groups excluding carboxylic acids is 4. The summed E-state index contributed by atoms with van der Waals surface area (Å²) >= 11 is 0. The maximum atomic E-state index is 12.5. The van der Waals surface area contributed by atoms with Crippen molar-refractivity contribution in [1.29, 1.82) is 0 Å². The van der Waals surface area contributed by atoms with Gasteiger partial charge in [-0.15, -0.1) is 0 Å². The molecular weight excluding hydrogens is 416 g/mol. The molecule has 0 aliphatic heterocycles. The normalized spacial score (nSPS) is 14.3. The molecule has 15 nitrogen and oxygen atoms in total. The Hall–Kier alpha value is -3.46. The summed E-state index contributed by atoms with van der Waals surface area (Å²) in [4.78, 5) is 62.8. The van der Waals surface area contributed by atoms with Crippen molar-refractivity contribution in [3.05, 3.63) is 0 Å². The molecular formula is C16H30N8O7. The van der Waals surface area contributed by atoms with Gasteiger partial charge in [-0.25, -0.2) is 4.79 Å². The fraction of sp³-hybridized carbons (Fsp3) is 0.625. The molecule has 0 aromatic heterocycles. The van der Waals surface area contributed by atoms with Gasteiger partial charge in [-0.1, -0.05) is 0 Å². The number of primary amides is 1. The number of amides is 4. The fourth-order valence-corrected chi connectivity index (χ4v) is 2.34. The number of aliphatic hydroxyl groups is 1. The summed E-state index contributed by atoms with van der Waals surface area (Å²) < 4.78 is 0. The molecule has 4 unspecified atom stereocenters. The van der Waals surface area contributed by atoms with Crippen molar-refractivity contribution in [2.45, 2.75) is 50.4 Å². The number of nitrogens with two attached hydrogens (primary N) is 4. The van der Waals surface area contributed by atoms with Crippen LogP contribution in [0.3, 0.4) is 0 Å². The summed E-state index contributed by atoms with van der Waals surface area (Å²) in [6, 6.07) is -4.40. The number of aliphatic hydroxyl groups excluding tert-OH is 1. The predicted octanol–water partition coefficient (Wildman–Crippen LogP) is -5.21. The van der Waals surface area contributed by atoms with Gasteiger partial charge >= 0.3 is 5.97 Å². The predicted molar refractivity (Wildman–Crippen MR) is 108 cm³/mol. The monoisotopic (exact) mass is 446 g/mol. The minimum absolute atomic E-state index is 0.0437. The van der Waals surface area contributed by atoms with Crippen LogP contribution >= 0.6 is 0 Å². The third kappa shape index (κ3) is 11.3. The molecule has 0 saturated heterocycles. The van der Waals surface area contributed by atoms with Gasteiger partial charge < -0.3 is 49.1 Å². The Morgan fingerprint density at radius 2 is 1.55 bits per heavy atom. The maximum absolute atomic E-state index is 12.5. The van der Waals surface area contributed by atoms with Crippen LogP contribution < -0.4 is 38.9 Å². The van der Waals surface area contributed by atoms with Crippen molar-refractivity contribution in [3.8, 4) is 0 Å². The first kappa shape index (κ1) is 27.5. The van der Waals surface area contributed by atoms with E-state index in [1.165, 1.54) is 6.92 Å². The van der Waals surface area contributed by atoms with E-state index in [9.17, 15) is 34.2 Å². The quantitative estimate of drug-likeness (QED) is 0.0694. The summed E-state index contributed by atoms with van der Waals surface area (Å²) in [7, 11) is 0. The summed E-state index contributed by atoms with van der Waals surface area (Å²) in [6.45, 7) is 0.878. The van der Waals surface area contributed by atoms with E-state index in [0.717, 1.165) is 0 Å². The highest BCUT2D eigenvalue weighted by Gasteiger charge is 2.32. The number of aliphatic carboxylic acids is 1. The molecule has 0 fully saturated rings. The van der Waals surface area contributed by atoms with Gasteiger partial charge in [0, 0.05) is 6.54 Å². The van der Waals surface area contributed by atoms with E-state index in [0.29, 0.717) is 0 Å². The Morgan fingerprint density at radius 1 is 0.968 bits per heavy atom. The third-order valence-corrected chi connectivity index (χ3v) is 3.86. The molecule has 0 spiro atoms. The smallest absolute Gasteiger partial charge is 0.326 e. The molecule has 0 radical (unpaired) electrons. The molecule has 0 aromatic rings. The molecule has 0 rings (SSSR count). The van der Waals surface area contributed by atoms with E-state index in [-0.39, 0.29) is 25.3 Å². The molecule has 4 atom stereocenters. The number of aliphatic imine (C=N–C) groups is 1. The lowest BCUT2D eigenvalue weighted by atomic mass is 10.1. The van der Waals surface area contributed by atoms with E-state index in [1.54, 1.807) is 0 Å². The molecule has 31 heavy (non-hydrogen) atoms. The molecule has 0 bridgehead atoms. The van der Waals surface area contributed by atoms with Crippen LogP contribution in [0.1, 0.15) is 26.2 Å². The van der Waals surface area contributed by atoms with Crippen molar-refractivity contribution >= 4 is 35.6 Å². The van der Waals surface area contributed by atoms with Gasteiger partial charge in [-0.2, -0.15) is 0 Å². The van der Waals surface area contributed by atoms with E-state index in [2.05, 4.69) is 20.9 Å². The number of carboxylic acid groups (broad SMARTS) is 1. The Morgan fingerprint density at radius 3 is 2.00 bits per heavy atom. The Bertz CT molecular complexity index is 693. The van der Waals surface area contributed by atoms with Crippen LogP contribution in [-0.2, 0) is 24.0 Å². The summed E-state index contributed by atoms with van der Waals surface area (Å²) in [5, 5.41) is 25.5. The summed E-state index contributed by atoms with van der Waals surface area (Å²) in [5.41, 5.74) is 20.6. The van der Waals surface area contributed by atoms with Gasteiger partial charge in [0.15, 0.2) is 5.96 Å². The average Bonchev–Trinajstić information content (AvgIpc) is 2.66. The van der Waals surface area contributed by atoms with Crippen molar-refractivity contribution < 1.29 is 34.2 Å². The first-order chi connectivity index (χ1) is 14.4. The number of carbonyl (C=O) groups is 5. The van der Waals surface area contributed by atoms with E-state index in [1.807, 2.05) is 0 Å². The third-order valence-electron chi connectivity index (χ3n) is 3.86. The van der Waals surface area contributed by atoms with E-state index in [4.69, 9.17) is 22.9 Å². The largest absolute Gasteiger partial charge is 0.480 e. The first-order valence-electron chi connectivity index (χ1n) is 9.23. The van der Waals surface area contributed by atoms with Crippen LogP contribution in [0, 0.1) is 0 Å². The lowest BCUT2D eigenvalue weighted by Crippen LogP contribution is -2.59. The molecule has 4 amide bonds. The van der Waals surface area contributed by atoms with Gasteiger partial charge in [0.25, 0.3) is 0 Å². The van der Waals surface area contributed by atoms with Crippen LogP contribution in [0.4, 0.5) is 0 Å². The Kier molecular flexibility index (Phi) is 12.2. The van der Waals surface area contributed by atoms with Gasteiger partial charge in [0.1, 0.15) is 18.1 Å². The van der Waals surface area contributed by atoms with Crippen LogP contribution in [0.5, 0.6) is 0 Å². The zero-order valence-electron chi connectivity index (χ0n) is 17.0. The molecule has 0 heterocycles. The minimum atomic E-state index is -1.56. The Labute approximate surface area is 178 Å². The highest BCUT2D eigenvalue weighted by molar-refractivity contribution is 5.96. The maximum Gasteiger partial charge on any atom is 0.326 e. The fourth-order valence-electron chi connectivity index (χ4n) is 2.34. The number of guanidine groups is 1. The molecule has 15 heteroatoms. The lowest BCUT2D eigenvalue weighted by Gasteiger charge is -2.25. The number of carboxylic acids is 1. The minimum Gasteiger partial charge on any atom is -0.480 e. The molecule has 13 N–H and O–H groups in total. The number of nitrogens with zero attached hydrogens (tertiary/aromatic N) is 1. The second kappa shape index (κ2) is 13.7. The Balaban J connectivity index is 5.28. The van der Waals surface area contributed by atoms with Gasteiger partial charge in [0.05, 0.1) is 19.1 Å². The lowest BCUT2D eigenvalue weighted by molar-refractivity contribution is -0.142. The molecule has 176 valence electrons. The van der Waals surface area contributed by atoms with Crippen molar-refractivity contribution in [3.63, 3.8) is 0 Å². The number of hydrogen-bond donors (Lipinski definition) is 9. The van der Waals surface area contributed by atoms with Crippen molar-refractivity contribution in [1.82, 2.24) is 16.0 Å². The van der Waals surface area contributed by atoms with Crippen molar-refractivity contribution in [2.24, 2.45) is 27.9 Å². The standard InChI is InChI=1S/C16H30N8O7/c1-7(25)12(24-11(27)6-17)14(29)23-9(5-10(18)26)13(28)22-8(15(30)31)3-2-4-21-16(19)20/h7-9,12,25H,2-6,17H2,1H3,(H2,18,26)(H,22,28)(H,23,29)(H,24,27)(H,30,31)(H4,19,20,21). The second-order valence-electron chi connectivity index (χ2n) is 6.57. The van der Waals surface area contributed by atoms with E-state index < -0.39 is 66.8 Å². The van der Waals surface area contributed by atoms with Crippen LogP contribution in [-0.4, -0.2) is 83.1 Å². The first-order valence-corrected chi connectivity index (χ1v) is 9.23. The van der Waals surface area contributed by atoms with Gasteiger partial charge in [-0.05, 0) is 19.8 Å². The van der Waals surface area contributed by atoms with Gasteiger partial charge in [0.2, 0.25) is 23.6 Å². The van der Waals surface area contributed by atoms with Crippen LogP contribution in [0.2, 0.25) is 0 Å². The number of rotatable bonds is 14. The number of nitrogens with one attached hydrogen (secondary N) is 3. The zero-order chi connectivity index (χ0) is 24.1. The number of hydrogen-bond acceptors (Lipinski definition) is 8. The molecule has 0 aliphatic rings. The van der Waals surface area contributed by atoms with Gasteiger partial charge in [-0.3, -0.25) is 24.2 Å². The topological polar surface area (TPSA) is 278 Å². The zero-order valence-corrected chi connectivity index (χ0v) is 17.0. The highest BCUT2D eigenvalue weighted by Crippen LogP contribution is 2.03. The molecule has 0 aromatic carbocycles. The SMILES string of the molecule is CC(O)C(NC(=O)CN)C(=O)NC(CC(N)=O)C(=O)NC(CCCN=C(N)N)C(=O)O. The van der Waals surface area contributed by atoms with Crippen LogP contribution in [0.15, 0.2) is 4.99 Å². The molecule has 0 saturated carbocycles. The van der Waals surface area contributed by atoms with Crippen LogP contribution in [0.25, 0.3) is 0 Å². The van der Waals surface area contributed by atoms with E-state index >= 15 is 0 Å². The summed E-state index contributed by atoms with van der Waals surface area (Å²) in [5.74, 6) is -5.24.